The highest BCUT2D eigenvalue weighted by atomic mass is 35.5. The second-order valence-electron chi connectivity index (χ2n) is 7.50. The molecule has 0 atom stereocenters. The number of amides is 1. The predicted molar refractivity (Wildman–Crippen MR) is 124 cm³/mol. The number of hydrogen-bond donors (Lipinski definition) is 1. The molecule has 4 rings (SSSR count). The molecule has 0 aliphatic carbocycles. The quantitative estimate of drug-likeness (QED) is 0.407. The number of rotatable bonds is 5. The van der Waals surface area contributed by atoms with Gasteiger partial charge < -0.3 is 10.1 Å². The molecule has 2 aromatic heterocycles. The van der Waals surface area contributed by atoms with Gasteiger partial charge >= 0.3 is 0 Å². The minimum atomic E-state index is -0.687. The number of nitrogens with one attached hydrogen (secondary N) is 1. The molecule has 0 fully saturated rings. The molecule has 2 aromatic carbocycles. The molecular formula is C24H21ClFN5O2. The molecular weight excluding hydrogens is 445 g/mol. The zero-order chi connectivity index (χ0) is 23.7. The second kappa shape index (κ2) is 8.99. The molecule has 1 N–H and O–H groups in total. The highest BCUT2D eigenvalue weighted by Gasteiger charge is 2.16. The van der Waals surface area contributed by atoms with Gasteiger partial charge in [-0.15, -0.1) is 0 Å². The van der Waals surface area contributed by atoms with Gasteiger partial charge in [0.25, 0.3) is 5.91 Å². The van der Waals surface area contributed by atoms with Crippen LogP contribution in [0.4, 0.5) is 10.1 Å². The molecule has 0 radical (unpaired) electrons. The monoisotopic (exact) mass is 465 g/mol. The Balaban J connectivity index is 1.52. The molecule has 9 heteroatoms. The molecule has 1 amide bonds. The largest absolute Gasteiger partial charge is 0.439 e. The van der Waals surface area contributed by atoms with Crippen LogP contribution in [0.5, 0.6) is 11.6 Å². The van der Waals surface area contributed by atoms with Gasteiger partial charge in [0.05, 0.1) is 16.3 Å². The lowest BCUT2D eigenvalue weighted by Crippen LogP contribution is -2.14. The molecule has 0 unspecified atom stereocenters. The van der Waals surface area contributed by atoms with Crippen LogP contribution in [-0.2, 0) is 0 Å². The van der Waals surface area contributed by atoms with Crippen LogP contribution < -0.4 is 10.1 Å². The Morgan fingerprint density at radius 2 is 1.79 bits per heavy atom. The number of benzene rings is 2. The van der Waals surface area contributed by atoms with Crippen molar-refractivity contribution in [3.05, 3.63) is 87.7 Å². The summed E-state index contributed by atoms with van der Waals surface area (Å²) in [7, 11) is 0. The lowest BCUT2D eigenvalue weighted by Gasteiger charge is -2.10. The summed E-state index contributed by atoms with van der Waals surface area (Å²) in [6, 6.07) is 12.4. The molecule has 0 bridgehead atoms. The van der Waals surface area contributed by atoms with E-state index in [4.69, 9.17) is 16.3 Å². The molecule has 0 saturated heterocycles. The summed E-state index contributed by atoms with van der Waals surface area (Å²) in [5, 5.41) is 7.21. The summed E-state index contributed by atoms with van der Waals surface area (Å²) in [5.41, 5.74) is 3.28. The average molecular weight is 466 g/mol. The Kier molecular flexibility index (Phi) is 6.11. The first kappa shape index (κ1) is 22.4. The minimum absolute atomic E-state index is 0.0418. The lowest BCUT2D eigenvalue weighted by molar-refractivity contribution is 0.102. The fourth-order valence-corrected chi connectivity index (χ4v) is 3.51. The van der Waals surface area contributed by atoms with E-state index in [1.54, 1.807) is 41.9 Å². The summed E-state index contributed by atoms with van der Waals surface area (Å²) in [6.45, 7) is 7.72. The van der Waals surface area contributed by atoms with Gasteiger partial charge in [-0.25, -0.2) is 14.1 Å². The van der Waals surface area contributed by atoms with Gasteiger partial charge in [0.1, 0.15) is 17.4 Å². The Bertz CT molecular complexity index is 1330. The maximum absolute atomic E-state index is 14.0. The van der Waals surface area contributed by atoms with Gasteiger partial charge in [0.15, 0.2) is 5.82 Å². The van der Waals surface area contributed by atoms with E-state index in [0.29, 0.717) is 29.0 Å². The molecule has 0 saturated carbocycles. The van der Waals surface area contributed by atoms with Gasteiger partial charge in [-0.3, -0.25) is 4.79 Å². The number of anilines is 1. The molecule has 2 heterocycles. The van der Waals surface area contributed by atoms with Crippen molar-refractivity contribution < 1.29 is 13.9 Å². The fourth-order valence-electron chi connectivity index (χ4n) is 3.27. The highest BCUT2D eigenvalue weighted by Crippen LogP contribution is 2.25. The lowest BCUT2D eigenvalue weighted by atomic mass is 10.2. The first-order chi connectivity index (χ1) is 15.7. The van der Waals surface area contributed by atoms with E-state index in [1.807, 2.05) is 20.8 Å². The third-order valence-electron chi connectivity index (χ3n) is 5.20. The third-order valence-corrected chi connectivity index (χ3v) is 5.51. The molecule has 0 spiro atoms. The van der Waals surface area contributed by atoms with Crippen molar-refractivity contribution in [2.24, 2.45) is 0 Å². The summed E-state index contributed by atoms with van der Waals surface area (Å²) in [6.07, 6.45) is 0. The van der Waals surface area contributed by atoms with E-state index in [2.05, 4.69) is 20.4 Å². The van der Waals surface area contributed by atoms with Gasteiger partial charge in [0.2, 0.25) is 5.88 Å². The number of hydrogen-bond acceptors (Lipinski definition) is 5. The number of nitrogens with zero attached hydrogens (tertiary/aromatic N) is 4. The van der Waals surface area contributed by atoms with E-state index >= 15 is 0 Å². The minimum Gasteiger partial charge on any atom is -0.439 e. The van der Waals surface area contributed by atoms with Crippen LogP contribution in [0.3, 0.4) is 0 Å². The van der Waals surface area contributed by atoms with Crippen molar-refractivity contribution in [1.82, 2.24) is 19.7 Å². The Morgan fingerprint density at radius 3 is 2.42 bits per heavy atom. The number of carbonyl (C=O) groups is 1. The SMILES string of the molecule is Cc1nc(Oc2ccc(NC(=O)c3c(F)cccc3Cl)cc2)cc(-n2nc(C)c(C)c2C)n1. The standard InChI is InChI=1S/C24H21ClFN5O2/c1-13-14(2)30-31(15(13)3)21-12-22(28-16(4)27-21)33-18-10-8-17(9-11-18)29-24(32)23-19(25)6-5-7-20(23)26/h5-12H,1-4H3,(H,29,32). The first-order valence-corrected chi connectivity index (χ1v) is 10.5. The van der Waals surface area contributed by atoms with Crippen LogP contribution in [0.2, 0.25) is 5.02 Å². The molecule has 0 aliphatic heterocycles. The van der Waals surface area contributed by atoms with E-state index < -0.39 is 11.7 Å². The molecule has 4 aromatic rings. The maximum Gasteiger partial charge on any atom is 0.260 e. The summed E-state index contributed by atoms with van der Waals surface area (Å²) >= 11 is 5.96. The van der Waals surface area contributed by atoms with Crippen LogP contribution in [0, 0.1) is 33.5 Å². The van der Waals surface area contributed by atoms with Crippen LogP contribution >= 0.6 is 11.6 Å². The van der Waals surface area contributed by atoms with Crippen molar-refractivity contribution in [2.45, 2.75) is 27.7 Å². The van der Waals surface area contributed by atoms with Gasteiger partial charge in [-0.1, -0.05) is 17.7 Å². The van der Waals surface area contributed by atoms with Gasteiger partial charge in [-0.2, -0.15) is 10.1 Å². The number of carbonyl (C=O) groups excluding carboxylic acids is 1. The van der Waals surface area contributed by atoms with Gasteiger partial charge in [-0.05, 0) is 69.7 Å². The number of aromatic nitrogens is 4. The van der Waals surface area contributed by atoms with E-state index in [-0.39, 0.29) is 10.6 Å². The molecule has 168 valence electrons. The Labute approximate surface area is 195 Å². The van der Waals surface area contributed by atoms with E-state index in [0.717, 1.165) is 17.0 Å². The molecule has 7 nitrogen and oxygen atoms in total. The smallest absolute Gasteiger partial charge is 0.260 e. The van der Waals surface area contributed by atoms with Gasteiger partial charge in [0, 0.05) is 17.4 Å². The molecule has 0 aliphatic rings. The van der Waals surface area contributed by atoms with Crippen molar-refractivity contribution >= 4 is 23.2 Å². The van der Waals surface area contributed by atoms with Crippen molar-refractivity contribution in [3.63, 3.8) is 0 Å². The van der Waals surface area contributed by atoms with E-state index in [9.17, 15) is 9.18 Å². The average Bonchev–Trinajstić information content (AvgIpc) is 3.02. The highest BCUT2D eigenvalue weighted by molar-refractivity contribution is 6.34. The van der Waals surface area contributed by atoms with Crippen molar-refractivity contribution in [2.75, 3.05) is 5.32 Å². The first-order valence-electron chi connectivity index (χ1n) is 10.1. The third kappa shape index (κ3) is 4.70. The number of halogens is 2. The fraction of sp³-hybridized carbons (Fsp3) is 0.167. The zero-order valence-corrected chi connectivity index (χ0v) is 19.2. The Morgan fingerprint density at radius 1 is 1.06 bits per heavy atom. The van der Waals surface area contributed by atoms with Crippen LogP contribution in [0.15, 0.2) is 48.5 Å². The van der Waals surface area contributed by atoms with Crippen LogP contribution in [-0.4, -0.2) is 25.7 Å². The van der Waals surface area contributed by atoms with E-state index in [1.165, 1.54) is 18.2 Å². The van der Waals surface area contributed by atoms with Crippen LogP contribution in [0.1, 0.15) is 33.1 Å². The molecule has 33 heavy (non-hydrogen) atoms. The van der Waals surface area contributed by atoms with Crippen molar-refractivity contribution in [3.8, 4) is 17.4 Å². The topological polar surface area (TPSA) is 81.9 Å². The summed E-state index contributed by atoms with van der Waals surface area (Å²) in [4.78, 5) is 21.2. The number of aryl methyl sites for hydroxylation is 2. The number of ether oxygens (including phenoxy) is 1. The Hall–Kier alpha value is -3.78. The maximum atomic E-state index is 14.0. The predicted octanol–water partition coefficient (Wildman–Crippen LogP) is 5.73. The zero-order valence-electron chi connectivity index (χ0n) is 18.5. The summed E-state index contributed by atoms with van der Waals surface area (Å²) in [5.74, 6) is 0.689. The summed E-state index contributed by atoms with van der Waals surface area (Å²) < 4.78 is 21.6. The second-order valence-corrected chi connectivity index (χ2v) is 7.90. The normalized spacial score (nSPS) is 10.8. The van der Waals surface area contributed by atoms with Crippen molar-refractivity contribution in [1.29, 1.82) is 0 Å². The van der Waals surface area contributed by atoms with Crippen LogP contribution in [0.25, 0.3) is 5.82 Å².